The summed E-state index contributed by atoms with van der Waals surface area (Å²) in [4.78, 5) is 34.3. The molecule has 2 heterocycles. The molecular formula is C20H23ClN4O2. The topological polar surface area (TPSA) is 56.8 Å². The van der Waals surface area contributed by atoms with Crippen molar-refractivity contribution in [1.29, 1.82) is 0 Å². The van der Waals surface area contributed by atoms with Gasteiger partial charge >= 0.3 is 11.8 Å². The third-order valence-electron chi connectivity index (χ3n) is 4.76. The van der Waals surface area contributed by atoms with Gasteiger partial charge in [-0.15, -0.1) is 0 Å². The summed E-state index contributed by atoms with van der Waals surface area (Å²) in [5.74, 6) is -0.891. The number of benzene rings is 1. The van der Waals surface area contributed by atoms with Crippen LogP contribution in [0.15, 0.2) is 48.8 Å². The Morgan fingerprint density at radius 3 is 2.48 bits per heavy atom. The minimum absolute atomic E-state index is 0.432. The quantitative estimate of drug-likeness (QED) is 0.755. The highest BCUT2D eigenvalue weighted by atomic mass is 35.5. The zero-order valence-corrected chi connectivity index (χ0v) is 16.1. The van der Waals surface area contributed by atoms with Gasteiger partial charge in [-0.25, -0.2) is 0 Å². The lowest BCUT2D eigenvalue weighted by atomic mass is 10.2. The molecule has 27 heavy (non-hydrogen) atoms. The van der Waals surface area contributed by atoms with Crippen LogP contribution in [0.1, 0.15) is 5.56 Å². The molecule has 2 aromatic rings. The van der Waals surface area contributed by atoms with Crippen molar-refractivity contribution in [3.8, 4) is 0 Å². The smallest absolute Gasteiger partial charge is 0.312 e. The lowest BCUT2D eigenvalue weighted by Crippen LogP contribution is -2.53. The van der Waals surface area contributed by atoms with E-state index >= 15 is 0 Å². The second kappa shape index (κ2) is 8.86. The molecule has 1 aliphatic heterocycles. The summed E-state index contributed by atoms with van der Waals surface area (Å²) < 4.78 is 0. The minimum atomic E-state index is -0.458. The summed E-state index contributed by atoms with van der Waals surface area (Å²) in [5, 5.41) is 0.692. The molecule has 0 atom stereocenters. The zero-order chi connectivity index (χ0) is 19.2. The molecule has 0 spiro atoms. The predicted molar refractivity (Wildman–Crippen MR) is 106 cm³/mol. The average molecular weight is 387 g/mol. The number of hydrogen-bond acceptors (Lipinski definition) is 4. The summed E-state index contributed by atoms with van der Waals surface area (Å²) in [6.45, 7) is 2.90. The Hall–Kier alpha value is -2.60. The molecule has 0 unspecified atom stereocenters. The van der Waals surface area contributed by atoms with E-state index < -0.39 is 11.8 Å². The van der Waals surface area contributed by atoms with Gasteiger partial charge in [-0.2, -0.15) is 0 Å². The first-order valence-corrected chi connectivity index (χ1v) is 9.36. The lowest BCUT2D eigenvalue weighted by Gasteiger charge is -2.36. The van der Waals surface area contributed by atoms with E-state index in [0.29, 0.717) is 44.2 Å². The molecule has 0 saturated carbocycles. The van der Waals surface area contributed by atoms with Crippen LogP contribution in [0.5, 0.6) is 0 Å². The molecule has 1 aromatic carbocycles. The highest BCUT2D eigenvalue weighted by molar-refractivity contribution is 6.34. The van der Waals surface area contributed by atoms with Crippen LogP contribution >= 0.6 is 11.6 Å². The third kappa shape index (κ3) is 4.98. The molecule has 1 aromatic heterocycles. The maximum absolute atomic E-state index is 12.5. The van der Waals surface area contributed by atoms with Crippen LogP contribution in [0.25, 0.3) is 0 Å². The number of carbonyl (C=O) groups excluding carboxylic acids is 2. The van der Waals surface area contributed by atoms with Crippen LogP contribution in [0.2, 0.25) is 5.02 Å². The van der Waals surface area contributed by atoms with Crippen LogP contribution < -0.4 is 4.90 Å². The van der Waals surface area contributed by atoms with Gasteiger partial charge in [0.05, 0.1) is 0 Å². The van der Waals surface area contributed by atoms with E-state index in [1.165, 1.54) is 4.90 Å². The van der Waals surface area contributed by atoms with Crippen molar-refractivity contribution < 1.29 is 9.59 Å². The fraction of sp³-hybridized carbons (Fsp3) is 0.350. The highest BCUT2D eigenvalue weighted by Gasteiger charge is 2.28. The normalized spacial score (nSPS) is 14.1. The number of hydrogen-bond donors (Lipinski definition) is 0. The van der Waals surface area contributed by atoms with Crippen molar-refractivity contribution >= 4 is 29.1 Å². The van der Waals surface area contributed by atoms with Crippen LogP contribution in [0, 0.1) is 0 Å². The average Bonchev–Trinajstić information content (AvgIpc) is 2.72. The molecule has 0 bridgehead atoms. The molecule has 3 rings (SSSR count). The number of carbonyl (C=O) groups is 2. The molecule has 1 aliphatic rings. The van der Waals surface area contributed by atoms with E-state index in [2.05, 4.69) is 9.88 Å². The van der Waals surface area contributed by atoms with Gasteiger partial charge < -0.3 is 14.7 Å². The van der Waals surface area contributed by atoms with Crippen molar-refractivity contribution in [2.75, 3.05) is 44.7 Å². The molecule has 1 saturated heterocycles. The Labute approximate surface area is 164 Å². The van der Waals surface area contributed by atoms with Crippen LogP contribution in [-0.4, -0.2) is 66.4 Å². The monoisotopic (exact) mass is 386 g/mol. The van der Waals surface area contributed by atoms with Gasteiger partial charge in [0, 0.05) is 62.9 Å². The molecule has 142 valence electrons. The van der Waals surface area contributed by atoms with E-state index in [1.807, 2.05) is 36.4 Å². The Balaban J connectivity index is 1.50. The highest BCUT2D eigenvalue weighted by Crippen LogP contribution is 2.20. The summed E-state index contributed by atoms with van der Waals surface area (Å²) in [6, 6.07) is 11.5. The van der Waals surface area contributed by atoms with Crippen molar-refractivity contribution in [1.82, 2.24) is 14.8 Å². The summed E-state index contributed by atoms with van der Waals surface area (Å²) >= 11 is 6.05. The molecule has 0 N–H and O–H groups in total. The second-order valence-corrected chi connectivity index (χ2v) is 7.03. The van der Waals surface area contributed by atoms with Crippen LogP contribution in [-0.2, 0) is 16.0 Å². The van der Waals surface area contributed by atoms with Crippen LogP contribution in [0.4, 0.5) is 5.69 Å². The number of halogens is 1. The van der Waals surface area contributed by atoms with Crippen molar-refractivity contribution in [2.24, 2.45) is 0 Å². The number of likely N-dealkylation sites (N-methyl/N-ethyl adjacent to an activating group) is 1. The van der Waals surface area contributed by atoms with E-state index in [9.17, 15) is 9.59 Å². The molecule has 2 amide bonds. The predicted octanol–water partition coefficient (Wildman–Crippen LogP) is 2.08. The molecule has 6 nitrogen and oxygen atoms in total. The molecule has 7 heteroatoms. The van der Waals surface area contributed by atoms with Crippen molar-refractivity contribution in [3.63, 3.8) is 0 Å². The Bertz CT molecular complexity index is 792. The number of aromatic nitrogens is 1. The fourth-order valence-corrected chi connectivity index (χ4v) is 3.27. The van der Waals surface area contributed by atoms with E-state index in [1.54, 1.807) is 24.3 Å². The van der Waals surface area contributed by atoms with Gasteiger partial charge in [-0.3, -0.25) is 14.6 Å². The van der Waals surface area contributed by atoms with Crippen molar-refractivity contribution in [3.05, 3.63) is 59.4 Å². The number of rotatable bonds is 4. The standard InChI is InChI=1S/C20H23ClN4O2/c1-23(10-7-16-5-8-22-9-6-16)19(26)20(27)25-13-11-24(12-14-25)18-4-2-3-17(21)15-18/h2-6,8-9,15H,7,10-14H2,1H3. The maximum atomic E-state index is 12.5. The van der Waals surface area contributed by atoms with E-state index in [0.717, 1.165) is 11.3 Å². The number of anilines is 1. The molecule has 0 aliphatic carbocycles. The van der Waals surface area contributed by atoms with Gasteiger partial charge in [0.15, 0.2) is 0 Å². The Morgan fingerprint density at radius 1 is 1.11 bits per heavy atom. The summed E-state index contributed by atoms with van der Waals surface area (Å²) in [6.07, 6.45) is 4.14. The second-order valence-electron chi connectivity index (χ2n) is 6.59. The minimum Gasteiger partial charge on any atom is -0.368 e. The Morgan fingerprint density at radius 2 is 1.81 bits per heavy atom. The largest absolute Gasteiger partial charge is 0.368 e. The molecule has 1 fully saturated rings. The first-order valence-electron chi connectivity index (χ1n) is 8.98. The lowest BCUT2D eigenvalue weighted by molar-refractivity contribution is -0.151. The number of pyridine rings is 1. The van der Waals surface area contributed by atoms with E-state index in [4.69, 9.17) is 11.6 Å². The zero-order valence-electron chi connectivity index (χ0n) is 15.3. The summed E-state index contributed by atoms with van der Waals surface area (Å²) in [5.41, 5.74) is 2.13. The SMILES string of the molecule is CN(CCc1ccncc1)C(=O)C(=O)N1CCN(c2cccc(Cl)c2)CC1. The van der Waals surface area contributed by atoms with Gasteiger partial charge in [-0.1, -0.05) is 17.7 Å². The van der Waals surface area contributed by atoms with Gasteiger partial charge in [0.25, 0.3) is 0 Å². The van der Waals surface area contributed by atoms with Gasteiger partial charge in [-0.05, 0) is 42.3 Å². The van der Waals surface area contributed by atoms with Crippen molar-refractivity contribution in [2.45, 2.75) is 6.42 Å². The third-order valence-corrected chi connectivity index (χ3v) is 4.99. The number of piperazine rings is 1. The first kappa shape index (κ1) is 19.2. The molecular weight excluding hydrogens is 364 g/mol. The van der Waals surface area contributed by atoms with E-state index in [-0.39, 0.29) is 0 Å². The fourth-order valence-electron chi connectivity index (χ4n) is 3.09. The summed E-state index contributed by atoms with van der Waals surface area (Å²) in [7, 11) is 1.67. The van der Waals surface area contributed by atoms with Gasteiger partial charge in [0.2, 0.25) is 0 Å². The Kier molecular flexibility index (Phi) is 6.29. The number of nitrogens with zero attached hydrogens (tertiary/aromatic N) is 4. The molecule has 0 radical (unpaired) electrons. The first-order chi connectivity index (χ1) is 13.0. The number of amides is 2. The maximum Gasteiger partial charge on any atom is 0.312 e. The van der Waals surface area contributed by atoms with Gasteiger partial charge in [0.1, 0.15) is 0 Å². The van der Waals surface area contributed by atoms with Crippen LogP contribution in [0.3, 0.4) is 0 Å².